The number of benzene rings is 1. The number of likely N-dealkylation sites (tertiary alicyclic amines) is 1. The number of amides is 1. The van der Waals surface area contributed by atoms with Crippen LogP contribution < -0.4 is 15.2 Å². The lowest BCUT2D eigenvalue weighted by molar-refractivity contribution is 0.0623. The van der Waals surface area contributed by atoms with Gasteiger partial charge in [0.15, 0.2) is 11.5 Å². The molecule has 2 heterocycles. The molecule has 1 amide bonds. The Hall–Kier alpha value is -2.12. The van der Waals surface area contributed by atoms with Crippen LogP contribution in [-0.2, 0) is 6.61 Å². The molecule has 0 bridgehead atoms. The van der Waals surface area contributed by atoms with Crippen molar-refractivity contribution in [1.82, 2.24) is 9.88 Å². The number of carbonyl (C=O) groups excluding carboxylic acids is 1. The number of hydrogen-bond donors (Lipinski definition) is 1. The summed E-state index contributed by atoms with van der Waals surface area (Å²) in [4.78, 5) is 18.9. The van der Waals surface area contributed by atoms with Gasteiger partial charge in [-0.2, -0.15) is 0 Å². The van der Waals surface area contributed by atoms with Gasteiger partial charge in [0.25, 0.3) is 5.91 Å². The maximum atomic E-state index is 12.9. The van der Waals surface area contributed by atoms with Gasteiger partial charge in [-0.3, -0.25) is 4.79 Å². The molecule has 134 valence electrons. The number of ether oxygens (including phenoxy) is 2. The van der Waals surface area contributed by atoms with Crippen molar-refractivity contribution >= 4 is 17.2 Å². The van der Waals surface area contributed by atoms with E-state index in [0.717, 1.165) is 31.5 Å². The summed E-state index contributed by atoms with van der Waals surface area (Å²) in [6.45, 7) is 1.62. The summed E-state index contributed by atoms with van der Waals surface area (Å²) in [5.41, 5.74) is 9.06. The maximum Gasteiger partial charge on any atom is 0.254 e. The molecule has 1 aromatic carbocycles. The fraction of sp³-hybridized carbons (Fsp3) is 0.444. The molecule has 3 rings (SSSR count). The van der Waals surface area contributed by atoms with Crippen LogP contribution in [0.1, 0.15) is 35.3 Å². The average molecular weight is 361 g/mol. The Labute approximate surface area is 151 Å². The third kappa shape index (κ3) is 4.11. The molecule has 6 nitrogen and oxygen atoms in total. The Morgan fingerprint density at radius 3 is 3.00 bits per heavy atom. The van der Waals surface area contributed by atoms with Gasteiger partial charge in [-0.1, -0.05) is 0 Å². The van der Waals surface area contributed by atoms with E-state index in [-0.39, 0.29) is 11.9 Å². The molecule has 1 fully saturated rings. The molecule has 7 heteroatoms. The number of aromatic nitrogens is 1. The van der Waals surface area contributed by atoms with Gasteiger partial charge in [-0.25, -0.2) is 4.98 Å². The van der Waals surface area contributed by atoms with E-state index in [1.165, 1.54) is 11.3 Å². The Bertz CT molecular complexity index is 706. The molecule has 1 saturated heterocycles. The van der Waals surface area contributed by atoms with E-state index >= 15 is 0 Å². The van der Waals surface area contributed by atoms with E-state index in [4.69, 9.17) is 15.2 Å². The zero-order chi connectivity index (χ0) is 17.6. The number of methoxy groups -OCH3 is 1. The van der Waals surface area contributed by atoms with Crippen LogP contribution in [0.15, 0.2) is 29.1 Å². The first-order valence-corrected chi connectivity index (χ1v) is 9.36. The second-order valence-electron chi connectivity index (χ2n) is 6.02. The Morgan fingerprint density at radius 1 is 1.40 bits per heavy atom. The highest BCUT2D eigenvalue weighted by Crippen LogP contribution is 2.30. The Kier molecular flexibility index (Phi) is 5.88. The molecule has 1 atom stereocenters. The minimum absolute atomic E-state index is 0.000462. The quantitative estimate of drug-likeness (QED) is 0.856. The highest BCUT2D eigenvalue weighted by Gasteiger charge is 2.27. The first-order chi connectivity index (χ1) is 12.2. The number of nitrogens with two attached hydrogens (primary N) is 1. The molecule has 0 aliphatic carbocycles. The topological polar surface area (TPSA) is 77.7 Å². The van der Waals surface area contributed by atoms with Crippen molar-refractivity contribution in [2.75, 3.05) is 20.2 Å². The molecule has 0 radical (unpaired) electrons. The second kappa shape index (κ2) is 8.31. The minimum Gasteiger partial charge on any atom is -0.493 e. The van der Waals surface area contributed by atoms with Crippen molar-refractivity contribution in [2.24, 2.45) is 5.73 Å². The number of carbonyl (C=O) groups is 1. The van der Waals surface area contributed by atoms with Gasteiger partial charge in [0.05, 0.1) is 18.3 Å². The molecule has 1 aliphatic heterocycles. The molecule has 2 N–H and O–H groups in total. The van der Waals surface area contributed by atoms with Gasteiger partial charge in [-0.05, 0) is 37.5 Å². The minimum atomic E-state index is -0.000462. The normalized spacial score (nSPS) is 17.4. The predicted octanol–water partition coefficient (Wildman–Crippen LogP) is 2.68. The fourth-order valence-corrected chi connectivity index (χ4v) is 3.60. The predicted molar refractivity (Wildman–Crippen MR) is 97.2 cm³/mol. The van der Waals surface area contributed by atoms with Crippen LogP contribution >= 0.6 is 11.3 Å². The fourth-order valence-electron chi connectivity index (χ4n) is 3.06. The standard InChI is InChI=1S/C18H23N3O3S/c1-23-17-8-13(18(22)21-7-3-2-4-15(21)9-19)5-6-16(17)24-10-14-11-25-12-20-14/h5-6,8,11-12,15H,2-4,7,9-10,19H2,1H3. The van der Waals surface area contributed by atoms with Gasteiger partial charge in [0, 0.05) is 30.1 Å². The molecular formula is C18H23N3O3S. The number of hydrogen-bond acceptors (Lipinski definition) is 6. The molecule has 0 spiro atoms. The summed E-state index contributed by atoms with van der Waals surface area (Å²) in [5, 5.41) is 1.94. The van der Waals surface area contributed by atoms with E-state index in [1.807, 2.05) is 10.3 Å². The van der Waals surface area contributed by atoms with Crippen LogP contribution in [0, 0.1) is 0 Å². The molecule has 1 unspecified atom stereocenters. The molecule has 0 saturated carbocycles. The lowest BCUT2D eigenvalue weighted by Gasteiger charge is -2.35. The summed E-state index contributed by atoms with van der Waals surface area (Å²) in [5.74, 6) is 1.14. The van der Waals surface area contributed by atoms with Crippen LogP contribution in [0.3, 0.4) is 0 Å². The molecule has 25 heavy (non-hydrogen) atoms. The number of nitrogens with zero attached hydrogens (tertiary/aromatic N) is 2. The highest BCUT2D eigenvalue weighted by atomic mass is 32.1. The average Bonchev–Trinajstić information content (AvgIpc) is 3.19. The van der Waals surface area contributed by atoms with Gasteiger partial charge < -0.3 is 20.1 Å². The zero-order valence-electron chi connectivity index (χ0n) is 14.3. The van der Waals surface area contributed by atoms with E-state index in [1.54, 1.807) is 30.8 Å². The van der Waals surface area contributed by atoms with E-state index < -0.39 is 0 Å². The highest BCUT2D eigenvalue weighted by molar-refractivity contribution is 7.07. The third-order valence-electron chi connectivity index (χ3n) is 4.43. The van der Waals surface area contributed by atoms with E-state index in [9.17, 15) is 4.79 Å². The van der Waals surface area contributed by atoms with Crippen molar-refractivity contribution < 1.29 is 14.3 Å². The van der Waals surface area contributed by atoms with Gasteiger partial charge in [0.1, 0.15) is 6.61 Å². The summed E-state index contributed by atoms with van der Waals surface area (Å²) in [6.07, 6.45) is 3.11. The summed E-state index contributed by atoms with van der Waals surface area (Å²) < 4.78 is 11.2. The second-order valence-corrected chi connectivity index (χ2v) is 6.74. The van der Waals surface area contributed by atoms with Gasteiger partial charge in [0.2, 0.25) is 0 Å². The lowest BCUT2D eigenvalue weighted by atomic mass is 10.0. The van der Waals surface area contributed by atoms with E-state index in [0.29, 0.717) is 30.2 Å². The first-order valence-electron chi connectivity index (χ1n) is 8.42. The number of rotatable bonds is 6. The first kappa shape index (κ1) is 17.7. The van der Waals surface area contributed by atoms with E-state index in [2.05, 4.69) is 4.98 Å². The summed E-state index contributed by atoms with van der Waals surface area (Å²) >= 11 is 1.53. The largest absolute Gasteiger partial charge is 0.493 e. The third-order valence-corrected chi connectivity index (χ3v) is 5.06. The monoisotopic (exact) mass is 361 g/mol. The molecule has 1 aromatic heterocycles. The maximum absolute atomic E-state index is 12.9. The van der Waals surface area contributed by atoms with Crippen LogP contribution in [-0.4, -0.2) is 42.0 Å². The van der Waals surface area contributed by atoms with Crippen LogP contribution in [0.4, 0.5) is 0 Å². The van der Waals surface area contributed by atoms with Crippen LogP contribution in [0.25, 0.3) is 0 Å². The van der Waals surface area contributed by atoms with Gasteiger partial charge in [-0.15, -0.1) is 11.3 Å². The lowest BCUT2D eigenvalue weighted by Crippen LogP contribution is -2.47. The molecular weight excluding hydrogens is 338 g/mol. The van der Waals surface area contributed by atoms with Crippen molar-refractivity contribution in [3.05, 3.63) is 40.3 Å². The SMILES string of the molecule is COc1cc(C(=O)N2CCCCC2CN)ccc1OCc1cscn1. The van der Waals surface area contributed by atoms with Crippen molar-refractivity contribution in [3.63, 3.8) is 0 Å². The smallest absolute Gasteiger partial charge is 0.254 e. The van der Waals surface area contributed by atoms with Gasteiger partial charge >= 0.3 is 0 Å². The Morgan fingerprint density at radius 2 is 2.28 bits per heavy atom. The van der Waals surface area contributed by atoms with Crippen molar-refractivity contribution in [1.29, 1.82) is 0 Å². The van der Waals surface area contributed by atoms with Crippen LogP contribution in [0.2, 0.25) is 0 Å². The van der Waals surface area contributed by atoms with Crippen LogP contribution in [0.5, 0.6) is 11.5 Å². The zero-order valence-corrected chi connectivity index (χ0v) is 15.1. The van der Waals surface area contributed by atoms with Crippen molar-refractivity contribution in [2.45, 2.75) is 31.9 Å². The summed E-state index contributed by atoms with van der Waals surface area (Å²) in [6, 6.07) is 5.41. The Balaban J connectivity index is 1.74. The summed E-state index contributed by atoms with van der Waals surface area (Å²) in [7, 11) is 1.57. The molecule has 1 aliphatic rings. The number of thiazole rings is 1. The molecule has 2 aromatic rings. The van der Waals surface area contributed by atoms with Crippen molar-refractivity contribution in [3.8, 4) is 11.5 Å². The number of piperidine rings is 1.